The van der Waals surface area contributed by atoms with Gasteiger partial charge in [-0.15, -0.1) is 0 Å². The number of unbranched alkanes of at least 4 members (excludes halogenated alkanes) is 45. The molecular weight excluding hydrogens is 887 g/mol. The molecule has 1 heterocycles. The topological polar surface area (TPSA) is 149 Å². The Morgan fingerprint density at radius 1 is 0.465 bits per heavy atom. The van der Waals surface area contributed by atoms with Crippen LogP contribution in [-0.2, 0) is 14.3 Å². The van der Waals surface area contributed by atoms with Gasteiger partial charge in [-0.2, -0.15) is 0 Å². The van der Waals surface area contributed by atoms with Crippen LogP contribution in [0.2, 0.25) is 0 Å². The molecule has 7 atom stereocenters. The van der Waals surface area contributed by atoms with Crippen LogP contribution in [0.5, 0.6) is 0 Å². The summed E-state index contributed by atoms with van der Waals surface area (Å²) in [6.07, 6.45) is 58.7. The highest BCUT2D eigenvalue weighted by atomic mass is 16.7. The van der Waals surface area contributed by atoms with Gasteiger partial charge in [0.25, 0.3) is 0 Å². The number of aliphatic hydroxyl groups is 5. The Morgan fingerprint density at radius 2 is 0.775 bits per heavy atom. The monoisotopic (exact) mass is 1010 g/mol. The fourth-order valence-corrected chi connectivity index (χ4v) is 10.4. The molecule has 1 fully saturated rings. The molecule has 1 aliphatic heterocycles. The van der Waals surface area contributed by atoms with Crippen molar-refractivity contribution in [2.45, 2.75) is 365 Å². The molecule has 1 amide bonds. The number of aliphatic hydroxyl groups excluding tert-OH is 5. The summed E-state index contributed by atoms with van der Waals surface area (Å²) < 4.78 is 11.3. The average molecular weight is 1010 g/mol. The first kappa shape index (κ1) is 67.9. The molecule has 0 bridgehead atoms. The van der Waals surface area contributed by atoms with E-state index in [1.54, 1.807) is 6.08 Å². The average Bonchev–Trinajstić information content (AvgIpc) is 3.37. The fourth-order valence-electron chi connectivity index (χ4n) is 10.4. The summed E-state index contributed by atoms with van der Waals surface area (Å²) in [6, 6.07) is -0.800. The molecule has 9 heteroatoms. The van der Waals surface area contributed by atoms with Crippen molar-refractivity contribution in [2.24, 2.45) is 0 Å². The summed E-state index contributed by atoms with van der Waals surface area (Å²) >= 11 is 0. The molecule has 0 saturated carbocycles. The summed E-state index contributed by atoms with van der Waals surface area (Å²) in [5, 5.41) is 54.6. The van der Waals surface area contributed by atoms with Gasteiger partial charge in [0.2, 0.25) is 5.91 Å². The Labute approximate surface area is 439 Å². The maximum absolute atomic E-state index is 13.1. The van der Waals surface area contributed by atoms with E-state index in [2.05, 4.69) is 19.2 Å². The van der Waals surface area contributed by atoms with Gasteiger partial charge in [0.15, 0.2) is 6.29 Å². The lowest BCUT2D eigenvalue weighted by Gasteiger charge is -2.40. The summed E-state index contributed by atoms with van der Waals surface area (Å²) in [5.74, 6) is -0.169. The normalized spacial score (nSPS) is 19.2. The van der Waals surface area contributed by atoms with Gasteiger partial charge in [0.05, 0.1) is 25.4 Å². The molecule has 6 N–H and O–H groups in total. The predicted molar refractivity (Wildman–Crippen MR) is 300 cm³/mol. The zero-order chi connectivity index (χ0) is 51.5. The van der Waals surface area contributed by atoms with Gasteiger partial charge < -0.3 is 40.3 Å². The zero-order valence-corrected chi connectivity index (χ0v) is 47.0. The lowest BCUT2D eigenvalue weighted by Crippen LogP contribution is -2.60. The van der Waals surface area contributed by atoms with Crippen LogP contribution in [0.25, 0.3) is 0 Å². The highest BCUT2D eigenvalue weighted by molar-refractivity contribution is 5.76. The van der Waals surface area contributed by atoms with Crippen LogP contribution < -0.4 is 5.32 Å². The van der Waals surface area contributed by atoms with Crippen molar-refractivity contribution in [3.8, 4) is 0 Å². The van der Waals surface area contributed by atoms with Crippen LogP contribution in [0.1, 0.15) is 322 Å². The lowest BCUT2D eigenvalue weighted by molar-refractivity contribution is -0.302. The molecule has 0 aliphatic carbocycles. The molecule has 1 saturated heterocycles. The van der Waals surface area contributed by atoms with E-state index >= 15 is 0 Å². The fraction of sp³-hybridized carbons (Fsp3) is 0.952. The minimum Gasteiger partial charge on any atom is -0.394 e. The molecule has 9 nitrogen and oxygen atoms in total. The third-order valence-electron chi connectivity index (χ3n) is 15.4. The lowest BCUT2D eigenvalue weighted by atomic mass is 9.99. The van der Waals surface area contributed by atoms with E-state index in [4.69, 9.17) is 9.47 Å². The first-order valence-electron chi connectivity index (χ1n) is 31.4. The molecule has 0 aromatic carbocycles. The van der Waals surface area contributed by atoms with Gasteiger partial charge in [-0.05, 0) is 19.3 Å². The van der Waals surface area contributed by atoms with Gasteiger partial charge in [-0.1, -0.05) is 309 Å². The Balaban J connectivity index is 2.12. The summed E-state index contributed by atoms with van der Waals surface area (Å²) in [5.41, 5.74) is 0. The summed E-state index contributed by atoms with van der Waals surface area (Å²) in [4.78, 5) is 13.1. The highest BCUT2D eigenvalue weighted by Crippen LogP contribution is 2.23. The Bertz CT molecular complexity index is 1120. The van der Waals surface area contributed by atoms with E-state index in [1.807, 2.05) is 6.08 Å². The molecular formula is C62H121NO8. The van der Waals surface area contributed by atoms with E-state index in [0.717, 1.165) is 38.5 Å². The first-order valence-corrected chi connectivity index (χ1v) is 31.4. The van der Waals surface area contributed by atoms with Crippen molar-refractivity contribution >= 4 is 5.91 Å². The van der Waals surface area contributed by atoms with E-state index in [0.29, 0.717) is 6.42 Å². The summed E-state index contributed by atoms with van der Waals surface area (Å²) in [7, 11) is 0. The second kappa shape index (κ2) is 52.4. The number of hydrogen-bond donors (Lipinski definition) is 6. The van der Waals surface area contributed by atoms with Gasteiger partial charge in [-0.25, -0.2) is 0 Å². The van der Waals surface area contributed by atoms with Crippen molar-refractivity contribution in [3.05, 3.63) is 12.2 Å². The number of carbonyl (C=O) groups excluding carboxylic acids is 1. The van der Waals surface area contributed by atoms with Gasteiger partial charge in [0.1, 0.15) is 24.4 Å². The number of carbonyl (C=O) groups is 1. The molecule has 1 rings (SSSR count). The Hall–Kier alpha value is -1.07. The number of rotatable bonds is 55. The van der Waals surface area contributed by atoms with Crippen molar-refractivity contribution in [3.63, 3.8) is 0 Å². The van der Waals surface area contributed by atoms with E-state index in [1.165, 1.54) is 263 Å². The van der Waals surface area contributed by atoms with Crippen LogP contribution in [0.4, 0.5) is 0 Å². The van der Waals surface area contributed by atoms with Crippen LogP contribution in [0.3, 0.4) is 0 Å². The first-order chi connectivity index (χ1) is 34.8. The van der Waals surface area contributed by atoms with Gasteiger partial charge >= 0.3 is 0 Å². The van der Waals surface area contributed by atoms with Crippen molar-refractivity contribution < 1.29 is 39.8 Å². The number of nitrogens with one attached hydrogen (secondary N) is 1. The smallest absolute Gasteiger partial charge is 0.220 e. The third-order valence-corrected chi connectivity index (χ3v) is 15.4. The van der Waals surface area contributed by atoms with Gasteiger partial charge in [0, 0.05) is 6.42 Å². The molecule has 7 unspecified atom stereocenters. The van der Waals surface area contributed by atoms with Crippen LogP contribution in [-0.4, -0.2) is 87.5 Å². The predicted octanol–water partition coefficient (Wildman–Crippen LogP) is 16.0. The number of allylic oxidation sites excluding steroid dienone is 1. The number of amides is 1. The molecule has 1 aliphatic rings. The van der Waals surface area contributed by atoms with E-state index < -0.39 is 49.5 Å². The molecule has 0 aromatic rings. The van der Waals surface area contributed by atoms with Crippen molar-refractivity contribution in [2.75, 3.05) is 13.2 Å². The molecule has 0 spiro atoms. The Morgan fingerprint density at radius 3 is 1.10 bits per heavy atom. The number of hydrogen-bond acceptors (Lipinski definition) is 8. The Kier molecular flexibility index (Phi) is 50.1. The maximum Gasteiger partial charge on any atom is 0.220 e. The zero-order valence-electron chi connectivity index (χ0n) is 47.0. The van der Waals surface area contributed by atoms with E-state index in [-0.39, 0.29) is 12.5 Å². The summed E-state index contributed by atoms with van der Waals surface area (Å²) in [6.45, 7) is 3.83. The largest absolute Gasteiger partial charge is 0.394 e. The quantitative estimate of drug-likeness (QED) is 0.0261. The van der Waals surface area contributed by atoms with Crippen molar-refractivity contribution in [1.82, 2.24) is 5.32 Å². The van der Waals surface area contributed by atoms with Crippen molar-refractivity contribution in [1.29, 1.82) is 0 Å². The standard InChI is InChI=1S/C62H121NO8/c1-3-5-7-9-11-13-15-17-19-21-22-23-24-25-26-27-28-29-30-31-32-33-34-36-38-40-42-44-46-48-50-52-58(66)63-55(54-70-62-61(69)60(68)59(67)57(53-64)71-62)56(65)51-49-47-45-43-41-39-37-35-20-18-16-14-12-10-8-6-4-2/h49,51,55-57,59-62,64-65,67-69H,3-48,50,52-54H2,1-2H3,(H,63,66)/b51-49+. The second-order valence-electron chi connectivity index (χ2n) is 22.2. The minimum absolute atomic E-state index is 0.169. The molecule has 0 aromatic heterocycles. The number of ether oxygens (including phenoxy) is 2. The van der Waals surface area contributed by atoms with Crippen LogP contribution in [0.15, 0.2) is 12.2 Å². The highest BCUT2D eigenvalue weighted by Gasteiger charge is 2.44. The van der Waals surface area contributed by atoms with Crippen LogP contribution in [0, 0.1) is 0 Å². The molecule has 0 radical (unpaired) electrons. The SMILES string of the molecule is CCCCCCCCCCCCCCCCC/C=C/C(O)C(COC1OC(CO)C(O)C(O)C1O)NC(=O)CCCCCCCCCCCCCCCCCCCCCCCCCCCCCCCCC. The minimum atomic E-state index is -1.56. The molecule has 71 heavy (non-hydrogen) atoms. The van der Waals surface area contributed by atoms with E-state index in [9.17, 15) is 30.3 Å². The van der Waals surface area contributed by atoms with Gasteiger partial charge in [-0.3, -0.25) is 4.79 Å². The third kappa shape index (κ3) is 41.8. The molecule has 422 valence electrons. The van der Waals surface area contributed by atoms with Crippen LogP contribution >= 0.6 is 0 Å². The second-order valence-corrected chi connectivity index (χ2v) is 22.2. The maximum atomic E-state index is 13.1.